The summed E-state index contributed by atoms with van der Waals surface area (Å²) < 4.78 is 0. The summed E-state index contributed by atoms with van der Waals surface area (Å²) in [5.41, 5.74) is 2.40. The number of imide groups is 1. The third-order valence-electron chi connectivity index (χ3n) is 6.67. The van der Waals surface area contributed by atoms with Crippen molar-refractivity contribution in [2.45, 2.75) is 37.8 Å². The number of rotatable bonds is 6. The van der Waals surface area contributed by atoms with Gasteiger partial charge in [-0.2, -0.15) is 0 Å². The monoisotopic (exact) mass is 445 g/mol. The minimum atomic E-state index is -0.980. The number of hydrogen-bond donors (Lipinski definition) is 1. The highest BCUT2D eigenvalue weighted by atomic mass is 32.1. The first-order chi connectivity index (χ1) is 15.6. The maximum absolute atomic E-state index is 13.8. The summed E-state index contributed by atoms with van der Waals surface area (Å²) in [4.78, 5) is 32.0. The van der Waals surface area contributed by atoms with Gasteiger partial charge in [-0.1, -0.05) is 60.7 Å². The Bertz CT molecular complexity index is 1070. The molecule has 2 aliphatic heterocycles. The summed E-state index contributed by atoms with van der Waals surface area (Å²) in [5, 5.41) is 5.22. The Labute approximate surface area is 192 Å². The van der Waals surface area contributed by atoms with Crippen LogP contribution in [0.1, 0.15) is 34.5 Å². The average Bonchev–Trinajstić information content (AvgIpc) is 3.36. The predicted molar refractivity (Wildman–Crippen MR) is 126 cm³/mol. The Hall–Kier alpha value is -2.96. The summed E-state index contributed by atoms with van der Waals surface area (Å²) in [7, 11) is 0. The van der Waals surface area contributed by atoms with Gasteiger partial charge in [-0.3, -0.25) is 9.69 Å². The van der Waals surface area contributed by atoms with Crippen molar-refractivity contribution >= 4 is 23.3 Å². The van der Waals surface area contributed by atoms with Crippen LogP contribution in [0, 0.1) is 0 Å². The zero-order valence-corrected chi connectivity index (χ0v) is 19.0. The van der Waals surface area contributed by atoms with Crippen LogP contribution in [0.4, 0.5) is 4.79 Å². The molecular weight excluding hydrogens is 418 g/mol. The van der Waals surface area contributed by atoms with Gasteiger partial charge in [0.05, 0.1) is 6.67 Å². The maximum Gasteiger partial charge on any atom is 0.326 e. The van der Waals surface area contributed by atoms with Crippen molar-refractivity contribution in [1.29, 1.82) is 0 Å². The molecule has 164 valence electrons. The molecule has 2 aromatic carbocycles. The molecule has 1 atom stereocenters. The van der Waals surface area contributed by atoms with Crippen molar-refractivity contribution in [2.24, 2.45) is 0 Å². The molecule has 1 aromatic heterocycles. The molecule has 3 amide bonds. The fourth-order valence-corrected chi connectivity index (χ4v) is 5.89. The lowest BCUT2D eigenvalue weighted by Gasteiger charge is -2.35. The van der Waals surface area contributed by atoms with Gasteiger partial charge < -0.3 is 5.32 Å². The van der Waals surface area contributed by atoms with E-state index in [0.29, 0.717) is 19.5 Å². The van der Waals surface area contributed by atoms with Crippen LogP contribution >= 0.6 is 11.3 Å². The average molecular weight is 446 g/mol. The van der Waals surface area contributed by atoms with Gasteiger partial charge in [0.1, 0.15) is 5.54 Å². The van der Waals surface area contributed by atoms with E-state index in [-0.39, 0.29) is 18.0 Å². The molecule has 0 radical (unpaired) electrons. The molecule has 2 aliphatic rings. The normalized spacial score (nSPS) is 20.3. The number of nitrogens with zero attached hydrogens (tertiary/aromatic N) is 2. The van der Waals surface area contributed by atoms with E-state index < -0.39 is 5.54 Å². The van der Waals surface area contributed by atoms with E-state index in [2.05, 4.69) is 28.6 Å². The molecule has 0 saturated carbocycles. The van der Waals surface area contributed by atoms with Gasteiger partial charge >= 0.3 is 6.03 Å². The van der Waals surface area contributed by atoms with Crippen molar-refractivity contribution in [2.75, 3.05) is 13.2 Å². The number of thiophene rings is 1. The van der Waals surface area contributed by atoms with Crippen LogP contribution < -0.4 is 5.32 Å². The topological polar surface area (TPSA) is 52.6 Å². The molecular formula is C26H27N3O2S. The molecule has 0 aliphatic carbocycles. The molecule has 0 spiro atoms. The van der Waals surface area contributed by atoms with E-state index in [1.165, 1.54) is 15.3 Å². The summed E-state index contributed by atoms with van der Waals surface area (Å²) in [6, 6.07) is 21.9. The van der Waals surface area contributed by atoms with E-state index in [9.17, 15) is 9.59 Å². The van der Waals surface area contributed by atoms with Gasteiger partial charge in [-0.15, -0.1) is 11.3 Å². The van der Waals surface area contributed by atoms with Crippen LogP contribution in [0.25, 0.3) is 0 Å². The molecule has 0 bridgehead atoms. The van der Waals surface area contributed by atoms with Crippen molar-refractivity contribution in [3.05, 3.63) is 93.7 Å². The van der Waals surface area contributed by atoms with E-state index >= 15 is 0 Å². The second-order valence-corrected chi connectivity index (χ2v) is 9.75. The third kappa shape index (κ3) is 3.85. The fraction of sp³-hybridized carbons (Fsp3) is 0.308. The second-order valence-electron chi connectivity index (χ2n) is 8.75. The Kier molecular flexibility index (Phi) is 5.57. The molecule has 6 heteroatoms. The summed E-state index contributed by atoms with van der Waals surface area (Å²) in [6.45, 7) is 3.31. The highest BCUT2D eigenvalue weighted by Gasteiger charge is 2.51. The first-order valence-electron chi connectivity index (χ1n) is 11.1. The van der Waals surface area contributed by atoms with Gasteiger partial charge in [-0.05, 0) is 41.5 Å². The zero-order chi connectivity index (χ0) is 22.1. The largest absolute Gasteiger partial charge is 0.326 e. The Balaban J connectivity index is 1.42. The SMILES string of the molecule is CC1c2ccsc2CCN1CN1C(=O)NC(Cc2ccccc2)(Cc2ccccc2)C1=O. The second kappa shape index (κ2) is 8.52. The number of benzene rings is 2. The van der Waals surface area contributed by atoms with Crippen LogP contribution in [0.15, 0.2) is 72.1 Å². The number of carbonyl (C=O) groups is 2. The van der Waals surface area contributed by atoms with Crippen molar-refractivity contribution < 1.29 is 9.59 Å². The third-order valence-corrected chi connectivity index (χ3v) is 7.67. The highest BCUT2D eigenvalue weighted by molar-refractivity contribution is 7.10. The van der Waals surface area contributed by atoms with E-state index in [1.54, 1.807) is 11.3 Å². The molecule has 1 saturated heterocycles. The smallest absolute Gasteiger partial charge is 0.322 e. The molecule has 1 fully saturated rings. The lowest BCUT2D eigenvalue weighted by molar-refractivity contribution is -0.133. The van der Waals surface area contributed by atoms with E-state index in [0.717, 1.165) is 24.1 Å². The Morgan fingerprint density at radius 1 is 0.969 bits per heavy atom. The number of fused-ring (bicyclic) bond motifs is 1. The van der Waals surface area contributed by atoms with Gasteiger partial charge in [0.2, 0.25) is 0 Å². The van der Waals surface area contributed by atoms with Gasteiger partial charge in [0.15, 0.2) is 0 Å². The van der Waals surface area contributed by atoms with Crippen molar-refractivity contribution in [1.82, 2.24) is 15.1 Å². The molecule has 1 N–H and O–H groups in total. The molecule has 1 unspecified atom stereocenters. The summed E-state index contributed by atoms with van der Waals surface area (Å²) in [5.74, 6) is -0.140. The minimum absolute atomic E-state index is 0.140. The van der Waals surface area contributed by atoms with Crippen molar-refractivity contribution in [3.63, 3.8) is 0 Å². The molecule has 3 heterocycles. The number of carbonyl (C=O) groups excluding carboxylic acids is 2. The van der Waals surface area contributed by atoms with E-state index in [4.69, 9.17) is 0 Å². The Morgan fingerprint density at radius 3 is 2.22 bits per heavy atom. The maximum atomic E-state index is 13.8. The van der Waals surface area contributed by atoms with Gasteiger partial charge in [-0.25, -0.2) is 9.69 Å². The van der Waals surface area contributed by atoms with Crippen LogP contribution in [-0.2, 0) is 24.1 Å². The first-order valence-corrected chi connectivity index (χ1v) is 12.0. The van der Waals surface area contributed by atoms with Gasteiger partial charge in [0, 0.05) is 30.3 Å². The quantitative estimate of drug-likeness (QED) is 0.572. The summed E-state index contributed by atoms with van der Waals surface area (Å²) >= 11 is 1.79. The number of urea groups is 1. The van der Waals surface area contributed by atoms with Crippen LogP contribution in [0.5, 0.6) is 0 Å². The summed E-state index contributed by atoms with van der Waals surface area (Å²) in [6.07, 6.45) is 1.89. The predicted octanol–water partition coefficient (Wildman–Crippen LogP) is 4.40. The Morgan fingerprint density at radius 2 is 1.59 bits per heavy atom. The number of amides is 3. The number of hydrogen-bond acceptors (Lipinski definition) is 4. The molecule has 5 rings (SSSR count). The molecule has 5 nitrogen and oxygen atoms in total. The molecule has 32 heavy (non-hydrogen) atoms. The minimum Gasteiger partial charge on any atom is -0.322 e. The van der Waals surface area contributed by atoms with Gasteiger partial charge in [0.25, 0.3) is 5.91 Å². The lowest BCUT2D eigenvalue weighted by atomic mass is 9.84. The first kappa shape index (κ1) is 20.9. The standard InChI is InChI=1S/C26H27N3O2S/c1-19-22-13-15-32-23(22)12-14-28(19)18-29-24(30)26(27-25(29)31,16-20-8-4-2-5-9-20)17-21-10-6-3-7-11-21/h2-11,13,15,19H,12,14,16-18H2,1H3,(H,27,31). The number of nitrogens with one attached hydrogen (secondary N) is 1. The van der Waals surface area contributed by atoms with Crippen LogP contribution in [-0.4, -0.2) is 40.5 Å². The van der Waals surface area contributed by atoms with E-state index in [1.807, 2.05) is 60.7 Å². The van der Waals surface area contributed by atoms with Crippen LogP contribution in [0.3, 0.4) is 0 Å². The zero-order valence-electron chi connectivity index (χ0n) is 18.2. The lowest BCUT2D eigenvalue weighted by Crippen LogP contribution is -2.51. The fourth-order valence-electron chi connectivity index (χ4n) is 4.93. The highest BCUT2D eigenvalue weighted by Crippen LogP contribution is 2.34. The van der Waals surface area contributed by atoms with Crippen molar-refractivity contribution in [3.8, 4) is 0 Å². The molecule has 3 aromatic rings. The van der Waals surface area contributed by atoms with Crippen LogP contribution in [0.2, 0.25) is 0 Å².